The lowest BCUT2D eigenvalue weighted by Crippen LogP contribution is -2.49. The van der Waals surface area contributed by atoms with Crippen molar-refractivity contribution in [2.24, 2.45) is 0 Å². The molecule has 0 aliphatic carbocycles. The van der Waals surface area contributed by atoms with Crippen molar-refractivity contribution in [1.29, 1.82) is 0 Å². The molecule has 0 saturated heterocycles. The van der Waals surface area contributed by atoms with Crippen LogP contribution in [0.2, 0.25) is 5.02 Å². The van der Waals surface area contributed by atoms with E-state index in [1.807, 2.05) is 45.0 Å². The zero-order valence-corrected chi connectivity index (χ0v) is 24.6. The summed E-state index contributed by atoms with van der Waals surface area (Å²) in [7, 11) is -3.59. The second-order valence-electron chi connectivity index (χ2n) is 9.01. The first-order chi connectivity index (χ1) is 16.8. The molecule has 2 amide bonds. The van der Waals surface area contributed by atoms with Gasteiger partial charge in [-0.05, 0) is 69.0 Å². The van der Waals surface area contributed by atoms with Gasteiger partial charge in [0.25, 0.3) is 0 Å². The molecule has 0 radical (unpaired) electrons. The highest BCUT2D eigenvalue weighted by molar-refractivity contribution is 9.10. The topological polar surface area (TPSA) is 86.8 Å². The summed E-state index contributed by atoms with van der Waals surface area (Å²) in [5.74, 6) is -0.446. The van der Waals surface area contributed by atoms with Crippen molar-refractivity contribution in [2.75, 3.05) is 17.1 Å². The van der Waals surface area contributed by atoms with Gasteiger partial charge in [0.1, 0.15) is 6.04 Å². The van der Waals surface area contributed by atoms with E-state index in [4.69, 9.17) is 11.6 Å². The Kier molecular flexibility index (Phi) is 11.3. The Bertz CT molecular complexity index is 1180. The van der Waals surface area contributed by atoms with Crippen molar-refractivity contribution >= 4 is 55.1 Å². The number of sulfonamides is 1. The highest BCUT2D eigenvalue weighted by Gasteiger charge is 2.27. The van der Waals surface area contributed by atoms with Crippen LogP contribution >= 0.6 is 27.5 Å². The molecule has 198 valence electrons. The monoisotopic (exact) mass is 599 g/mol. The average molecular weight is 601 g/mol. The molecule has 0 aliphatic heterocycles. The Morgan fingerprint density at radius 1 is 1.14 bits per heavy atom. The maximum Gasteiger partial charge on any atom is 0.242 e. The van der Waals surface area contributed by atoms with Crippen molar-refractivity contribution in [2.45, 2.75) is 65.6 Å². The Morgan fingerprint density at radius 3 is 2.44 bits per heavy atom. The van der Waals surface area contributed by atoms with Crippen LogP contribution in [0.25, 0.3) is 0 Å². The maximum absolute atomic E-state index is 13.4. The lowest BCUT2D eigenvalue weighted by atomic mass is 10.1. The molecule has 1 N–H and O–H groups in total. The summed E-state index contributed by atoms with van der Waals surface area (Å²) in [6, 6.07) is 12.0. The van der Waals surface area contributed by atoms with Crippen LogP contribution in [-0.4, -0.2) is 50.0 Å². The highest BCUT2D eigenvalue weighted by Crippen LogP contribution is 2.27. The summed E-state index contributed by atoms with van der Waals surface area (Å²) in [5.41, 5.74) is 2.14. The summed E-state index contributed by atoms with van der Waals surface area (Å²) < 4.78 is 27.2. The van der Waals surface area contributed by atoms with E-state index in [9.17, 15) is 18.0 Å². The van der Waals surface area contributed by atoms with Gasteiger partial charge in [-0.15, -0.1) is 0 Å². The summed E-state index contributed by atoms with van der Waals surface area (Å²) in [6.45, 7) is 7.80. The number of hydrogen-bond acceptors (Lipinski definition) is 4. The Labute approximate surface area is 228 Å². The van der Waals surface area contributed by atoms with Crippen LogP contribution in [0.4, 0.5) is 5.69 Å². The van der Waals surface area contributed by atoms with Gasteiger partial charge in [0.2, 0.25) is 21.8 Å². The fourth-order valence-electron chi connectivity index (χ4n) is 3.71. The first-order valence-corrected chi connectivity index (χ1v) is 14.9. The number of carbonyl (C=O) groups excluding carboxylic acids is 2. The number of rotatable bonds is 12. The van der Waals surface area contributed by atoms with E-state index in [1.165, 1.54) is 4.31 Å². The van der Waals surface area contributed by atoms with Crippen LogP contribution in [0.5, 0.6) is 0 Å². The number of benzene rings is 2. The molecule has 0 aliphatic rings. The number of aryl methyl sites for hydroxylation is 1. The van der Waals surface area contributed by atoms with Gasteiger partial charge < -0.3 is 10.2 Å². The molecule has 2 aromatic rings. The van der Waals surface area contributed by atoms with E-state index in [2.05, 4.69) is 21.2 Å². The minimum atomic E-state index is -3.59. The molecule has 0 saturated carbocycles. The van der Waals surface area contributed by atoms with Gasteiger partial charge in [0, 0.05) is 35.0 Å². The second-order valence-corrected chi connectivity index (χ2v) is 12.3. The van der Waals surface area contributed by atoms with E-state index in [0.29, 0.717) is 10.7 Å². The van der Waals surface area contributed by atoms with E-state index in [0.717, 1.165) is 28.3 Å². The Balaban J connectivity index is 2.21. The molecule has 2 rings (SSSR count). The van der Waals surface area contributed by atoms with Gasteiger partial charge in [0.15, 0.2) is 0 Å². The standard InChI is InChI=1S/C26H35BrClN3O4S/c1-6-19(3)29-26(33)20(4)30(17-21-9-7-10-22(27)15-21)25(32)11-8-14-31(36(5,34)35)24-16-23(28)13-12-18(24)2/h7,9-10,12-13,15-16,19-20H,6,8,11,14,17H2,1-5H3,(H,29,33)/t19-,20-/m0/s1. The van der Waals surface area contributed by atoms with Crippen LogP contribution in [0.3, 0.4) is 0 Å². The third kappa shape index (κ3) is 8.78. The molecule has 7 nitrogen and oxygen atoms in total. The Hall–Kier alpha value is -2.10. The van der Waals surface area contributed by atoms with Crippen molar-refractivity contribution in [3.05, 3.63) is 63.1 Å². The van der Waals surface area contributed by atoms with Crippen molar-refractivity contribution in [1.82, 2.24) is 10.2 Å². The zero-order chi connectivity index (χ0) is 27.0. The summed E-state index contributed by atoms with van der Waals surface area (Å²) >= 11 is 9.56. The number of halogens is 2. The molecule has 10 heteroatoms. The van der Waals surface area contributed by atoms with Crippen LogP contribution in [0.15, 0.2) is 46.9 Å². The minimum Gasteiger partial charge on any atom is -0.352 e. The smallest absolute Gasteiger partial charge is 0.242 e. The van der Waals surface area contributed by atoms with Crippen LogP contribution in [0.1, 0.15) is 51.2 Å². The number of nitrogens with one attached hydrogen (secondary N) is 1. The summed E-state index contributed by atoms with van der Waals surface area (Å²) in [5, 5.41) is 3.38. The molecule has 2 aromatic carbocycles. The van der Waals surface area contributed by atoms with Crippen LogP contribution < -0.4 is 9.62 Å². The maximum atomic E-state index is 13.4. The molecule has 0 spiro atoms. The highest BCUT2D eigenvalue weighted by atomic mass is 79.9. The number of anilines is 1. The molecular formula is C26H35BrClN3O4S. The average Bonchev–Trinajstić information content (AvgIpc) is 2.80. The quantitative estimate of drug-likeness (QED) is 0.359. The lowest BCUT2D eigenvalue weighted by molar-refractivity contribution is -0.140. The number of amides is 2. The van der Waals surface area contributed by atoms with E-state index in [-0.39, 0.29) is 43.8 Å². The van der Waals surface area contributed by atoms with Crippen LogP contribution in [0, 0.1) is 6.92 Å². The summed E-state index contributed by atoms with van der Waals surface area (Å²) in [6.07, 6.45) is 2.28. The predicted octanol–water partition coefficient (Wildman–Crippen LogP) is 5.29. The summed E-state index contributed by atoms with van der Waals surface area (Å²) in [4.78, 5) is 27.8. The van der Waals surface area contributed by atoms with Crippen molar-refractivity contribution in [3.8, 4) is 0 Å². The molecule has 0 bridgehead atoms. The zero-order valence-electron chi connectivity index (χ0n) is 21.4. The molecule has 2 atom stereocenters. The molecule has 0 heterocycles. The second kappa shape index (κ2) is 13.4. The first kappa shape index (κ1) is 30.1. The molecule has 0 unspecified atom stereocenters. The largest absolute Gasteiger partial charge is 0.352 e. The SMILES string of the molecule is CC[C@H](C)NC(=O)[C@H](C)N(Cc1cccc(Br)c1)C(=O)CCCN(c1cc(Cl)ccc1C)S(C)(=O)=O. The molecule has 36 heavy (non-hydrogen) atoms. The fourth-order valence-corrected chi connectivity index (χ4v) is 5.34. The van der Waals surface area contributed by atoms with E-state index < -0.39 is 16.1 Å². The van der Waals surface area contributed by atoms with Crippen LogP contribution in [-0.2, 0) is 26.2 Å². The molecular weight excluding hydrogens is 566 g/mol. The van der Waals surface area contributed by atoms with Gasteiger partial charge in [-0.25, -0.2) is 8.42 Å². The molecule has 0 fully saturated rings. The number of nitrogens with zero attached hydrogens (tertiary/aromatic N) is 2. The van der Waals surface area contributed by atoms with Crippen molar-refractivity contribution in [3.63, 3.8) is 0 Å². The lowest BCUT2D eigenvalue weighted by Gasteiger charge is -2.30. The number of carbonyl (C=O) groups is 2. The van der Waals surface area contributed by atoms with Gasteiger partial charge >= 0.3 is 0 Å². The predicted molar refractivity (Wildman–Crippen MR) is 150 cm³/mol. The van der Waals surface area contributed by atoms with E-state index in [1.54, 1.807) is 30.0 Å². The normalized spacial score (nSPS) is 13.1. The van der Waals surface area contributed by atoms with Crippen molar-refractivity contribution < 1.29 is 18.0 Å². The minimum absolute atomic E-state index is 0.00738. The first-order valence-electron chi connectivity index (χ1n) is 11.9. The van der Waals surface area contributed by atoms with Gasteiger partial charge in [-0.1, -0.05) is 52.7 Å². The Morgan fingerprint density at radius 2 is 1.83 bits per heavy atom. The van der Waals surface area contributed by atoms with Gasteiger partial charge in [-0.2, -0.15) is 0 Å². The fraction of sp³-hybridized carbons (Fsp3) is 0.462. The van der Waals surface area contributed by atoms with Gasteiger partial charge in [0.05, 0.1) is 11.9 Å². The van der Waals surface area contributed by atoms with E-state index >= 15 is 0 Å². The third-order valence-electron chi connectivity index (χ3n) is 6.00. The van der Waals surface area contributed by atoms with Gasteiger partial charge in [-0.3, -0.25) is 13.9 Å². The molecule has 0 aromatic heterocycles. The third-order valence-corrected chi connectivity index (χ3v) is 7.91. The number of hydrogen-bond donors (Lipinski definition) is 1.